The van der Waals surface area contributed by atoms with Crippen molar-refractivity contribution in [2.45, 2.75) is 45.2 Å². The molecule has 2 saturated heterocycles. The molecule has 0 amide bonds. The summed E-state index contributed by atoms with van der Waals surface area (Å²) < 4.78 is 25.1. The number of guanidine groups is 1. The maximum atomic E-state index is 12.6. The van der Waals surface area contributed by atoms with Gasteiger partial charge in [-0.15, -0.1) is 0 Å². The molecule has 0 aliphatic carbocycles. The number of benzene rings is 1. The van der Waals surface area contributed by atoms with E-state index in [0.29, 0.717) is 24.5 Å². The molecule has 0 bridgehead atoms. The van der Waals surface area contributed by atoms with Gasteiger partial charge in [-0.05, 0) is 44.2 Å². The molecule has 2 aliphatic rings. The average Bonchev–Trinajstić information content (AvgIpc) is 2.65. The third-order valence-corrected chi connectivity index (χ3v) is 5.43. The van der Waals surface area contributed by atoms with E-state index in [9.17, 15) is 8.78 Å². The SMILES string of the molecule is CCNC(=NCC(F)F)N1CCC2C(CCCN2Cc2ccccc2)C1. The molecule has 1 aromatic carbocycles. The summed E-state index contributed by atoms with van der Waals surface area (Å²) in [5.74, 6) is 1.23. The largest absolute Gasteiger partial charge is 0.357 e. The molecule has 26 heavy (non-hydrogen) atoms. The summed E-state index contributed by atoms with van der Waals surface area (Å²) in [6, 6.07) is 11.2. The van der Waals surface area contributed by atoms with Gasteiger partial charge in [0.2, 0.25) is 0 Å². The molecule has 2 atom stereocenters. The lowest BCUT2D eigenvalue weighted by Crippen LogP contribution is -2.56. The number of hydrogen-bond acceptors (Lipinski definition) is 2. The maximum Gasteiger partial charge on any atom is 0.257 e. The van der Waals surface area contributed by atoms with Gasteiger partial charge in [0.1, 0.15) is 6.54 Å². The topological polar surface area (TPSA) is 30.9 Å². The van der Waals surface area contributed by atoms with Crippen LogP contribution in [0.15, 0.2) is 35.3 Å². The number of likely N-dealkylation sites (tertiary alicyclic amines) is 2. The Bertz CT molecular complexity index is 578. The number of alkyl halides is 2. The van der Waals surface area contributed by atoms with Crippen LogP contribution < -0.4 is 5.32 Å². The lowest BCUT2D eigenvalue weighted by molar-refractivity contribution is 0.0371. The Morgan fingerprint density at radius 2 is 2.04 bits per heavy atom. The average molecular weight is 364 g/mol. The van der Waals surface area contributed by atoms with Gasteiger partial charge in [0.25, 0.3) is 6.43 Å². The molecular formula is C20H30F2N4. The van der Waals surface area contributed by atoms with Crippen molar-refractivity contribution in [2.24, 2.45) is 10.9 Å². The fraction of sp³-hybridized carbons (Fsp3) is 0.650. The number of piperidine rings is 2. The van der Waals surface area contributed by atoms with Crippen molar-refractivity contribution in [3.05, 3.63) is 35.9 Å². The van der Waals surface area contributed by atoms with E-state index in [1.807, 2.05) is 6.92 Å². The second kappa shape index (κ2) is 9.31. The zero-order valence-corrected chi connectivity index (χ0v) is 15.6. The molecule has 2 aliphatic heterocycles. The Morgan fingerprint density at radius 1 is 1.23 bits per heavy atom. The summed E-state index contributed by atoms with van der Waals surface area (Å²) in [6.45, 7) is 6.19. The molecule has 0 saturated carbocycles. The van der Waals surface area contributed by atoms with Crippen LogP contribution in [0.5, 0.6) is 0 Å². The highest BCUT2D eigenvalue weighted by Crippen LogP contribution is 2.31. The van der Waals surface area contributed by atoms with Crippen LogP contribution in [0.4, 0.5) is 8.78 Å². The first-order valence-corrected chi connectivity index (χ1v) is 9.76. The summed E-state index contributed by atoms with van der Waals surface area (Å²) in [4.78, 5) is 8.92. The number of fused-ring (bicyclic) bond motifs is 1. The van der Waals surface area contributed by atoms with Crippen molar-refractivity contribution in [1.82, 2.24) is 15.1 Å². The van der Waals surface area contributed by atoms with E-state index in [4.69, 9.17) is 0 Å². The first-order valence-electron chi connectivity index (χ1n) is 9.76. The third-order valence-electron chi connectivity index (χ3n) is 5.43. The maximum absolute atomic E-state index is 12.6. The van der Waals surface area contributed by atoms with Crippen LogP contribution in [-0.2, 0) is 6.54 Å². The second-order valence-electron chi connectivity index (χ2n) is 7.25. The van der Waals surface area contributed by atoms with Gasteiger partial charge in [-0.25, -0.2) is 13.8 Å². The number of aliphatic imine (C=N–C) groups is 1. The Hall–Kier alpha value is -1.69. The van der Waals surface area contributed by atoms with Crippen LogP contribution in [0, 0.1) is 5.92 Å². The van der Waals surface area contributed by atoms with E-state index >= 15 is 0 Å². The minimum Gasteiger partial charge on any atom is -0.357 e. The van der Waals surface area contributed by atoms with E-state index in [0.717, 1.165) is 32.6 Å². The van der Waals surface area contributed by atoms with Crippen molar-refractivity contribution in [3.63, 3.8) is 0 Å². The highest BCUT2D eigenvalue weighted by atomic mass is 19.3. The van der Waals surface area contributed by atoms with Crippen molar-refractivity contribution >= 4 is 5.96 Å². The minimum absolute atomic E-state index is 0.424. The molecule has 1 N–H and O–H groups in total. The van der Waals surface area contributed by atoms with Gasteiger partial charge >= 0.3 is 0 Å². The van der Waals surface area contributed by atoms with Crippen LogP contribution in [0.3, 0.4) is 0 Å². The summed E-state index contributed by atoms with van der Waals surface area (Å²) in [7, 11) is 0. The molecule has 2 heterocycles. The highest BCUT2D eigenvalue weighted by molar-refractivity contribution is 5.80. The number of rotatable bonds is 5. The normalized spacial score (nSPS) is 24.6. The fourth-order valence-electron chi connectivity index (χ4n) is 4.29. The zero-order chi connectivity index (χ0) is 18.4. The van der Waals surface area contributed by atoms with E-state index in [2.05, 4.69) is 50.4 Å². The van der Waals surface area contributed by atoms with E-state index in [-0.39, 0.29) is 0 Å². The Kier molecular flexibility index (Phi) is 6.83. The molecule has 0 spiro atoms. The van der Waals surface area contributed by atoms with Gasteiger partial charge in [-0.3, -0.25) is 4.90 Å². The van der Waals surface area contributed by atoms with Crippen molar-refractivity contribution in [3.8, 4) is 0 Å². The van der Waals surface area contributed by atoms with Gasteiger partial charge in [0.05, 0.1) is 0 Å². The molecule has 3 rings (SSSR count). The van der Waals surface area contributed by atoms with Gasteiger partial charge in [-0.2, -0.15) is 0 Å². The number of nitrogens with zero attached hydrogens (tertiary/aromatic N) is 3. The molecule has 0 aromatic heterocycles. The fourth-order valence-corrected chi connectivity index (χ4v) is 4.29. The zero-order valence-electron chi connectivity index (χ0n) is 15.6. The van der Waals surface area contributed by atoms with E-state index in [1.165, 1.54) is 18.4 Å². The number of hydrogen-bond donors (Lipinski definition) is 1. The lowest BCUT2D eigenvalue weighted by Gasteiger charge is -2.48. The summed E-state index contributed by atoms with van der Waals surface area (Å²) in [5.41, 5.74) is 1.36. The number of halogens is 2. The minimum atomic E-state index is -2.39. The summed E-state index contributed by atoms with van der Waals surface area (Å²) >= 11 is 0. The van der Waals surface area contributed by atoms with Crippen LogP contribution >= 0.6 is 0 Å². The lowest BCUT2D eigenvalue weighted by atomic mass is 9.83. The van der Waals surface area contributed by atoms with Crippen molar-refractivity contribution in [2.75, 3.05) is 32.7 Å². The molecule has 2 unspecified atom stereocenters. The molecule has 6 heteroatoms. The standard InChI is InChI=1S/C20H30F2N4/c1-2-23-20(24-13-19(21)22)26-12-10-18-17(15-26)9-6-11-25(18)14-16-7-4-3-5-8-16/h3-5,7-8,17-19H,2,6,9-15H2,1H3,(H,23,24). The molecule has 2 fully saturated rings. The van der Waals surface area contributed by atoms with Crippen molar-refractivity contribution in [1.29, 1.82) is 0 Å². The van der Waals surface area contributed by atoms with Gasteiger partial charge in [0.15, 0.2) is 5.96 Å². The Balaban J connectivity index is 1.63. The summed E-state index contributed by atoms with van der Waals surface area (Å²) in [5, 5.41) is 3.18. The first-order chi connectivity index (χ1) is 12.7. The molecule has 144 valence electrons. The van der Waals surface area contributed by atoms with Crippen LogP contribution in [0.2, 0.25) is 0 Å². The predicted molar refractivity (Wildman–Crippen MR) is 102 cm³/mol. The second-order valence-corrected chi connectivity index (χ2v) is 7.25. The highest BCUT2D eigenvalue weighted by Gasteiger charge is 2.36. The molecule has 4 nitrogen and oxygen atoms in total. The quantitative estimate of drug-likeness (QED) is 0.643. The number of nitrogens with one attached hydrogen (secondary N) is 1. The molecular weight excluding hydrogens is 334 g/mol. The van der Waals surface area contributed by atoms with Gasteiger partial charge in [-0.1, -0.05) is 30.3 Å². The van der Waals surface area contributed by atoms with Gasteiger partial charge in [0, 0.05) is 32.2 Å². The van der Waals surface area contributed by atoms with Crippen LogP contribution in [-0.4, -0.2) is 61.0 Å². The summed E-state index contributed by atoms with van der Waals surface area (Å²) in [6.07, 6.45) is 1.08. The van der Waals surface area contributed by atoms with Crippen molar-refractivity contribution < 1.29 is 8.78 Å². The monoisotopic (exact) mass is 364 g/mol. The first kappa shape index (κ1) is 19.1. The predicted octanol–water partition coefficient (Wildman–Crippen LogP) is 3.20. The third kappa shape index (κ3) is 4.93. The van der Waals surface area contributed by atoms with Crippen LogP contribution in [0.1, 0.15) is 31.7 Å². The Labute approximate surface area is 155 Å². The molecule has 0 radical (unpaired) electrons. The Morgan fingerprint density at radius 3 is 2.77 bits per heavy atom. The van der Waals surface area contributed by atoms with E-state index < -0.39 is 13.0 Å². The van der Waals surface area contributed by atoms with Crippen LogP contribution in [0.25, 0.3) is 0 Å². The van der Waals surface area contributed by atoms with Gasteiger partial charge < -0.3 is 10.2 Å². The smallest absolute Gasteiger partial charge is 0.257 e. The molecule has 1 aromatic rings. The van der Waals surface area contributed by atoms with E-state index in [1.54, 1.807) is 0 Å².